The third-order valence-electron chi connectivity index (χ3n) is 8.02. The Balaban J connectivity index is 1.50. The first-order valence-electron chi connectivity index (χ1n) is 14.0. The van der Waals surface area contributed by atoms with Crippen molar-refractivity contribution in [3.05, 3.63) is 77.9 Å². The molecule has 0 saturated carbocycles. The minimum atomic E-state index is -0.00850. The van der Waals surface area contributed by atoms with E-state index < -0.39 is 0 Å². The van der Waals surface area contributed by atoms with Crippen LogP contribution in [-0.4, -0.2) is 96.3 Å². The van der Waals surface area contributed by atoms with Gasteiger partial charge in [0, 0.05) is 80.9 Å². The Morgan fingerprint density at radius 3 is 2.02 bits per heavy atom. The Kier molecular flexibility index (Phi) is 8.72. The minimum Gasteiger partial charge on any atom is -0.497 e. The molecule has 0 bridgehead atoms. The van der Waals surface area contributed by atoms with Crippen LogP contribution < -0.4 is 19.3 Å². The summed E-state index contributed by atoms with van der Waals surface area (Å²) < 4.78 is 11.2. The van der Waals surface area contributed by atoms with Crippen molar-refractivity contribution in [2.24, 2.45) is 0 Å². The molecular formula is C33H40N4O3. The van der Waals surface area contributed by atoms with E-state index in [1.54, 1.807) is 20.3 Å². The maximum atomic E-state index is 13.9. The van der Waals surface area contributed by atoms with Crippen LogP contribution in [0.1, 0.15) is 15.9 Å². The van der Waals surface area contributed by atoms with Crippen molar-refractivity contribution in [1.29, 1.82) is 0 Å². The third-order valence-corrected chi connectivity index (χ3v) is 8.02. The highest BCUT2D eigenvalue weighted by Gasteiger charge is 2.22. The van der Waals surface area contributed by atoms with Gasteiger partial charge in [0.15, 0.2) is 5.78 Å². The predicted octanol–water partition coefficient (Wildman–Crippen LogP) is 4.77. The number of anilines is 2. The summed E-state index contributed by atoms with van der Waals surface area (Å²) in [6.07, 6.45) is 3.68. The molecule has 7 heteroatoms. The average molecular weight is 541 g/mol. The van der Waals surface area contributed by atoms with Crippen molar-refractivity contribution in [2.75, 3.05) is 90.5 Å². The molecule has 2 aliphatic rings. The van der Waals surface area contributed by atoms with Gasteiger partial charge in [-0.1, -0.05) is 24.3 Å². The van der Waals surface area contributed by atoms with Crippen molar-refractivity contribution in [1.82, 2.24) is 9.80 Å². The molecule has 2 saturated heterocycles. The van der Waals surface area contributed by atoms with E-state index in [9.17, 15) is 4.79 Å². The molecular weight excluding hydrogens is 500 g/mol. The number of carbonyl (C=O) groups excluding carboxylic acids is 1. The first-order valence-corrected chi connectivity index (χ1v) is 14.0. The largest absolute Gasteiger partial charge is 0.497 e. The van der Waals surface area contributed by atoms with E-state index in [0.717, 1.165) is 91.9 Å². The number of para-hydroxylation sites is 1. The van der Waals surface area contributed by atoms with Crippen LogP contribution in [0.3, 0.4) is 0 Å². The van der Waals surface area contributed by atoms with E-state index in [2.05, 4.69) is 51.9 Å². The number of ether oxygens (including phenoxy) is 2. The van der Waals surface area contributed by atoms with Crippen LogP contribution in [0.4, 0.5) is 11.4 Å². The third kappa shape index (κ3) is 6.16. The molecule has 2 heterocycles. The van der Waals surface area contributed by atoms with E-state index in [-0.39, 0.29) is 5.78 Å². The molecule has 5 rings (SSSR count). The first kappa shape index (κ1) is 27.7. The molecule has 0 aliphatic carbocycles. The quantitative estimate of drug-likeness (QED) is 0.301. The lowest BCUT2D eigenvalue weighted by molar-refractivity contribution is 0.104. The molecule has 0 atom stereocenters. The van der Waals surface area contributed by atoms with Gasteiger partial charge < -0.3 is 29.1 Å². The van der Waals surface area contributed by atoms with E-state index in [1.807, 2.05) is 48.5 Å². The molecule has 3 aromatic carbocycles. The maximum absolute atomic E-state index is 13.9. The van der Waals surface area contributed by atoms with Gasteiger partial charge in [-0.15, -0.1) is 0 Å². The standard InChI is InChI=1S/C33H40N4O3/c1-34-15-19-36(20-16-34)30-13-10-26(28-7-5-6-8-33(28)40-4)23-29(30)32(38)14-11-25-9-12-27(39-3)24-31(25)37-21-17-35(2)18-22-37/h5-14,23-24H,15-22H2,1-4H3/b14-11+. The van der Waals surface area contributed by atoms with Crippen molar-refractivity contribution in [3.8, 4) is 22.6 Å². The fourth-order valence-corrected chi connectivity index (χ4v) is 5.48. The second kappa shape index (κ2) is 12.6. The number of methoxy groups -OCH3 is 2. The van der Waals surface area contributed by atoms with E-state index in [0.29, 0.717) is 5.56 Å². The van der Waals surface area contributed by atoms with Crippen molar-refractivity contribution in [2.45, 2.75) is 0 Å². The number of carbonyl (C=O) groups is 1. The van der Waals surface area contributed by atoms with Gasteiger partial charge >= 0.3 is 0 Å². The topological polar surface area (TPSA) is 48.5 Å². The smallest absolute Gasteiger partial charge is 0.187 e. The van der Waals surface area contributed by atoms with Crippen LogP contribution in [0.2, 0.25) is 0 Å². The van der Waals surface area contributed by atoms with Gasteiger partial charge in [-0.05, 0) is 67.7 Å². The number of hydrogen-bond acceptors (Lipinski definition) is 7. The molecule has 3 aromatic rings. The summed E-state index contributed by atoms with van der Waals surface area (Å²) in [5, 5.41) is 0. The summed E-state index contributed by atoms with van der Waals surface area (Å²) in [5.74, 6) is 1.60. The second-order valence-corrected chi connectivity index (χ2v) is 10.6. The summed E-state index contributed by atoms with van der Waals surface area (Å²) in [6, 6.07) is 20.2. The van der Waals surface area contributed by atoms with E-state index >= 15 is 0 Å². The van der Waals surface area contributed by atoms with Gasteiger partial charge in [0.1, 0.15) is 11.5 Å². The number of ketones is 1. The normalized spacial score (nSPS) is 16.9. The van der Waals surface area contributed by atoms with Crippen molar-refractivity contribution >= 4 is 23.2 Å². The first-order chi connectivity index (χ1) is 19.5. The lowest BCUT2D eigenvalue weighted by atomic mass is 9.97. The summed E-state index contributed by atoms with van der Waals surface area (Å²) in [7, 11) is 7.67. The molecule has 0 aromatic heterocycles. The summed E-state index contributed by atoms with van der Waals surface area (Å²) in [6.45, 7) is 7.60. The highest BCUT2D eigenvalue weighted by Crippen LogP contribution is 2.34. The molecule has 2 fully saturated rings. The SMILES string of the molecule is COc1ccc(/C=C/C(=O)c2cc(-c3ccccc3OC)ccc2N2CCN(C)CC2)c(N2CCN(C)CC2)c1. The Bertz CT molecular complexity index is 1360. The molecule has 0 spiro atoms. The van der Waals surface area contributed by atoms with Crippen molar-refractivity contribution in [3.63, 3.8) is 0 Å². The van der Waals surface area contributed by atoms with Gasteiger partial charge in [0.05, 0.1) is 14.2 Å². The van der Waals surface area contributed by atoms with E-state index in [1.165, 1.54) is 0 Å². The zero-order valence-corrected chi connectivity index (χ0v) is 24.1. The van der Waals surface area contributed by atoms with Crippen LogP contribution in [0.25, 0.3) is 17.2 Å². The highest BCUT2D eigenvalue weighted by molar-refractivity contribution is 6.11. The Hall–Kier alpha value is -3.81. The zero-order valence-electron chi connectivity index (χ0n) is 24.1. The van der Waals surface area contributed by atoms with E-state index in [4.69, 9.17) is 9.47 Å². The fraction of sp³-hybridized carbons (Fsp3) is 0.364. The average Bonchev–Trinajstić information content (AvgIpc) is 3.00. The number of allylic oxidation sites excluding steroid dienone is 1. The number of rotatable bonds is 8. The second-order valence-electron chi connectivity index (χ2n) is 10.6. The monoisotopic (exact) mass is 540 g/mol. The number of nitrogens with zero attached hydrogens (tertiary/aromatic N) is 4. The molecule has 0 amide bonds. The van der Waals surface area contributed by atoms with Crippen LogP contribution >= 0.6 is 0 Å². The Labute approximate surface area is 238 Å². The maximum Gasteiger partial charge on any atom is 0.187 e. The van der Waals surface area contributed by atoms with Gasteiger partial charge in [-0.25, -0.2) is 0 Å². The predicted molar refractivity (Wildman–Crippen MR) is 164 cm³/mol. The molecule has 7 nitrogen and oxygen atoms in total. The van der Waals surface area contributed by atoms with Crippen molar-refractivity contribution < 1.29 is 14.3 Å². The van der Waals surface area contributed by atoms with Crippen LogP contribution in [-0.2, 0) is 0 Å². The molecule has 0 N–H and O–H groups in total. The molecule has 0 unspecified atom stereocenters. The summed E-state index contributed by atoms with van der Waals surface area (Å²) in [5.41, 5.74) is 5.74. The Morgan fingerprint density at radius 2 is 1.38 bits per heavy atom. The number of likely N-dealkylation sites (N-methyl/N-ethyl adjacent to an activating group) is 2. The lowest BCUT2D eigenvalue weighted by Gasteiger charge is -2.35. The molecule has 0 radical (unpaired) electrons. The molecule has 2 aliphatic heterocycles. The number of hydrogen-bond donors (Lipinski definition) is 0. The summed E-state index contributed by atoms with van der Waals surface area (Å²) >= 11 is 0. The molecule has 210 valence electrons. The summed E-state index contributed by atoms with van der Waals surface area (Å²) in [4.78, 5) is 23.3. The highest BCUT2D eigenvalue weighted by atomic mass is 16.5. The van der Waals surface area contributed by atoms with Gasteiger partial charge in [-0.3, -0.25) is 4.79 Å². The van der Waals surface area contributed by atoms with Gasteiger partial charge in [0.2, 0.25) is 0 Å². The number of benzene rings is 3. The zero-order chi connectivity index (χ0) is 28.1. The molecule has 40 heavy (non-hydrogen) atoms. The van der Waals surface area contributed by atoms with Gasteiger partial charge in [0.25, 0.3) is 0 Å². The number of piperazine rings is 2. The van der Waals surface area contributed by atoms with Crippen LogP contribution in [0.15, 0.2) is 66.7 Å². The van der Waals surface area contributed by atoms with Crippen LogP contribution in [0.5, 0.6) is 11.5 Å². The van der Waals surface area contributed by atoms with Crippen LogP contribution in [0, 0.1) is 0 Å². The lowest BCUT2D eigenvalue weighted by Crippen LogP contribution is -2.45. The fourth-order valence-electron chi connectivity index (χ4n) is 5.48. The Morgan fingerprint density at radius 1 is 0.725 bits per heavy atom. The minimum absolute atomic E-state index is 0.00850. The van der Waals surface area contributed by atoms with Gasteiger partial charge in [-0.2, -0.15) is 0 Å².